The van der Waals surface area contributed by atoms with Crippen molar-refractivity contribution in [2.75, 3.05) is 11.9 Å². The maximum atomic E-state index is 12.1. The number of anilines is 1. The Morgan fingerprint density at radius 2 is 1.92 bits per heavy atom. The van der Waals surface area contributed by atoms with Gasteiger partial charge in [-0.3, -0.25) is 9.59 Å². The molecule has 0 aliphatic rings. The third-order valence-corrected chi connectivity index (χ3v) is 3.48. The summed E-state index contributed by atoms with van der Waals surface area (Å²) in [4.78, 5) is 28.1. The molecule has 0 bridgehead atoms. The van der Waals surface area contributed by atoms with E-state index in [1.807, 2.05) is 43.3 Å². The van der Waals surface area contributed by atoms with Crippen LogP contribution in [-0.4, -0.2) is 28.5 Å². The van der Waals surface area contributed by atoms with Gasteiger partial charge in [0.25, 0.3) is 5.91 Å². The number of aryl methyl sites for hydroxylation is 1. The number of rotatable bonds is 5. The summed E-state index contributed by atoms with van der Waals surface area (Å²) in [7, 11) is 0. The first-order valence-electron chi connectivity index (χ1n) is 7.65. The summed E-state index contributed by atoms with van der Waals surface area (Å²) in [6, 6.07) is 14.5. The van der Waals surface area contributed by atoms with Gasteiger partial charge in [0.2, 0.25) is 5.91 Å². The van der Waals surface area contributed by atoms with E-state index in [0.29, 0.717) is 11.6 Å². The van der Waals surface area contributed by atoms with E-state index in [1.165, 1.54) is 6.07 Å². The van der Waals surface area contributed by atoms with Crippen LogP contribution >= 0.6 is 0 Å². The molecular formula is C18H16N4O3. The quantitative estimate of drug-likeness (QED) is 0.746. The van der Waals surface area contributed by atoms with E-state index >= 15 is 0 Å². The van der Waals surface area contributed by atoms with Gasteiger partial charge in [-0.2, -0.15) is 0 Å². The van der Waals surface area contributed by atoms with Crippen LogP contribution in [0.3, 0.4) is 0 Å². The zero-order valence-electron chi connectivity index (χ0n) is 13.5. The Labute approximate surface area is 144 Å². The van der Waals surface area contributed by atoms with Gasteiger partial charge in [-0.1, -0.05) is 41.6 Å². The molecular weight excluding hydrogens is 320 g/mol. The molecule has 2 heterocycles. The van der Waals surface area contributed by atoms with Crippen LogP contribution in [0.4, 0.5) is 5.82 Å². The molecule has 2 aromatic heterocycles. The van der Waals surface area contributed by atoms with Crippen molar-refractivity contribution in [1.29, 1.82) is 0 Å². The van der Waals surface area contributed by atoms with Gasteiger partial charge < -0.3 is 15.2 Å². The first-order valence-corrected chi connectivity index (χ1v) is 7.65. The summed E-state index contributed by atoms with van der Waals surface area (Å²) >= 11 is 0. The molecule has 3 aromatic rings. The number of nitrogens with zero attached hydrogens (tertiary/aromatic N) is 2. The molecule has 7 nitrogen and oxygen atoms in total. The van der Waals surface area contributed by atoms with Crippen LogP contribution in [-0.2, 0) is 4.79 Å². The van der Waals surface area contributed by atoms with Gasteiger partial charge in [0.1, 0.15) is 5.82 Å². The Bertz CT molecular complexity index is 890. The van der Waals surface area contributed by atoms with Crippen LogP contribution in [0.5, 0.6) is 0 Å². The predicted molar refractivity (Wildman–Crippen MR) is 91.9 cm³/mol. The van der Waals surface area contributed by atoms with Crippen molar-refractivity contribution in [3.63, 3.8) is 0 Å². The second kappa shape index (κ2) is 7.39. The molecule has 2 N–H and O–H groups in total. The van der Waals surface area contributed by atoms with E-state index in [9.17, 15) is 9.59 Å². The molecule has 7 heteroatoms. The minimum absolute atomic E-state index is 0.112. The lowest BCUT2D eigenvalue weighted by Gasteiger charge is -2.07. The first-order chi connectivity index (χ1) is 12.1. The zero-order valence-corrected chi connectivity index (χ0v) is 13.5. The molecule has 0 fully saturated rings. The lowest BCUT2D eigenvalue weighted by Crippen LogP contribution is -2.33. The number of nitrogens with one attached hydrogen (secondary N) is 2. The first kappa shape index (κ1) is 16.4. The van der Waals surface area contributed by atoms with Crippen LogP contribution in [0.1, 0.15) is 16.1 Å². The minimum Gasteiger partial charge on any atom is -0.355 e. The summed E-state index contributed by atoms with van der Waals surface area (Å²) in [5, 5.41) is 8.88. The summed E-state index contributed by atoms with van der Waals surface area (Å²) < 4.78 is 5.17. The Balaban J connectivity index is 1.57. The minimum atomic E-state index is -0.487. The Morgan fingerprint density at radius 3 is 2.68 bits per heavy atom. The van der Waals surface area contributed by atoms with Crippen molar-refractivity contribution in [3.8, 4) is 11.3 Å². The van der Waals surface area contributed by atoms with Gasteiger partial charge in [-0.05, 0) is 18.6 Å². The summed E-state index contributed by atoms with van der Waals surface area (Å²) in [6.07, 6.45) is 1.59. The fraction of sp³-hybridized carbons (Fsp3) is 0.111. The van der Waals surface area contributed by atoms with Crippen molar-refractivity contribution < 1.29 is 14.1 Å². The molecule has 0 saturated carbocycles. The van der Waals surface area contributed by atoms with Crippen molar-refractivity contribution in [2.24, 2.45) is 0 Å². The fourth-order valence-electron chi connectivity index (χ4n) is 2.16. The average Bonchev–Trinajstić information content (AvgIpc) is 3.13. The third kappa shape index (κ3) is 4.08. The molecule has 0 saturated heterocycles. The largest absolute Gasteiger partial charge is 0.355 e. The van der Waals surface area contributed by atoms with Crippen molar-refractivity contribution >= 4 is 17.6 Å². The third-order valence-electron chi connectivity index (χ3n) is 3.48. The maximum absolute atomic E-state index is 12.1. The van der Waals surface area contributed by atoms with Crippen LogP contribution in [0, 0.1) is 6.92 Å². The van der Waals surface area contributed by atoms with Gasteiger partial charge in [-0.15, -0.1) is 0 Å². The molecule has 0 spiro atoms. The molecule has 3 rings (SSSR count). The predicted octanol–water partition coefficient (Wildman–Crippen LogP) is 2.41. The average molecular weight is 336 g/mol. The number of carbonyl (C=O) groups excluding carboxylic acids is 2. The lowest BCUT2D eigenvalue weighted by atomic mass is 10.1. The highest BCUT2D eigenvalue weighted by molar-refractivity contribution is 5.98. The number of benzene rings is 1. The molecule has 25 heavy (non-hydrogen) atoms. The van der Waals surface area contributed by atoms with Crippen molar-refractivity contribution in [2.45, 2.75) is 6.92 Å². The van der Waals surface area contributed by atoms with E-state index in [-0.39, 0.29) is 18.1 Å². The van der Waals surface area contributed by atoms with E-state index in [0.717, 1.165) is 11.1 Å². The second-order valence-corrected chi connectivity index (χ2v) is 5.34. The number of carbonyl (C=O) groups is 2. The van der Waals surface area contributed by atoms with E-state index in [4.69, 9.17) is 4.52 Å². The standard InChI is InChI=1S/C18H16N4O3/c1-12-6-5-9-19-17(12)21-16(23)11-20-18(24)14-10-15(25-22-14)13-7-3-2-4-8-13/h2-10H,11H2,1H3,(H,20,24)(H,19,21,23). The Hall–Kier alpha value is -3.48. The van der Waals surface area contributed by atoms with E-state index < -0.39 is 5.91 Å². The van der Waals surface area contributed by atoms with Crippen LogP contribution < -0.4 is 10.6 Å². The number of aromatic nitrogens is 2. The topological polar surface area (TPSA) is 97.1 Å². The van der Waals surface area contributed by atoms with Crippen molar-refractivity contribution in [1.82, 2.24) is 15.5 Å². The molecule has 2 amide bonds. The number of pyridine rings is 1. The Morgan fingerprint density at radius 1 is 1.12 bits per heavy atom. The normalized spacial score (nSPS) is 10.3. The SMILES string of the molecule is Cc1cccnc1NC(=O)CNC(=O)c1cc(-c2ccccc2)on1. The molecule has 0 atom stereocenters. The maximum Gasteiger partial charge on any atom is 0.273 e. The summed E-state index contributed by atoms with van der Waals surface area (Å²) in [6.45, 7) is 1.64. The second-order valence-electron chi connectivity index (χ2n) is 5.34. The van der Waals surface area contributed by atoms with E-state index in [1.54, 1.807) is 12.3 Å². The molecule has 0 unspecified atom stereocenters. The number of hydrogen-bond donors (Lipinski definition) is 2. The van der Waals surface area contributed by atoms with Gasteiger partial charge in [0.05, 0.1) is 6.54 Å². The van der Waals surface area contributed by atoms with Gasteiger partial charge >= 0.3 is 0 Å². The molecule has 0 aliphatic carbocycles. The lowest BCUT2D eigenvalue weighted by molar-refractivity contribution is -0.115. The number of amides is 2. The van der Waals surface area contributed by atoms with Gasteiger partial charge in [-0.25, -0.2) is 4.98 Å². The highest BCUT2D eigenvalue weighted by atomic mass is 16.5. The van der Waals surface area contributed by atoms with Crippen LogP contribution in [0.15, 0.2) is 59.3 Å². The van der Waals surface area contributed by atoms with Crippen LogP contribution in [0.25, 0.3) is 11.3 Å². The Kier molecular flexibility index (Phi) is 4.84. The molecule has 0 aliphatic heterocycles. The fourth-order valence-corrected chi connectivity index (χ4v) is 2.16. The summed E-state index contributed by atoms with van der Waals surface area (Å²) in [5.74, 6) is 0.0922. The highest BCUT2D eigenvalue weighted by Crippen LogP contribution is 2.19. The highest BCUT2D eigenvalue weighted by Gasteiger charge is 2.15. The van der Waals surface area contributed by atoms with E-state index in [2.05, 4.69) is 20.8 Å². The van der Waals surface area contributed by atoms with Crippen LogP contribution in [0.2, 0.25) is 0 Å². The monoisotopic (exact) mass is 336 g/mol. The number of hydrogen-bond acceptors (Lipinski definition) is 5. The smallest absolute Gasteiger partial charge is 0.273 e. The molecule has 1 aromatic carbocycles. The van der Waals surface area contributed by atoms with Gasteiger partial charge in [0.15, 0.2) is 11.5 Å². The molecule has 126 valence electrons. The van der Waals surface area contributed by atoms with Crippen molar-refractivity contribution in [3.05, 3.63) is 66.0 Å². The zero-order chi connectivity index (χ0) is 17.6. The molecule has 0 radical (unpaired) electrons. The summed E-state index contributed by atoms with van der Waals surface area (Å²) in [5.41, 5.74) is 1.77. The van der Waals surface area contributed by atoms with Gasteiger partial charge in [0, 0.05) is 17.8 Å².